The van der Waals surface area contributed by atoms with Gasteiger partial charge in [-0.15, -0.1) is 0 Å². The quantitative estimate of drug-likeness (QED) is 0.731. The summed E-state index contributed by atoms with van der Waals surface area (Å²) in [6.07, 6.45) is 9.33. The van der Waals surface area contributed by atoms with Crippen LogP contribution in [-0.4, -0.2) is 34.5 Å². The molecule has 1 N–H and O–H groups in total. The van der Waals surface area contributed by atoms with Gasteiger partial charge in [-0.25, -0.2) is 19.6 Å². The second-order valence-electron chi connectivity index (χ2n) is 7.12. The molecule has 1 aliphatic rings. The van der Waals surface area contributed by atoms with Crippen LogP contribution < -0.4 is 5.32 Å². The first-order chi connectivity index (χ1) is 12.7. The topological polar surface area (TPSA) is 86.3 Å². The molecule has 0 aliphatic heterocycles. The van der Waals surface area contributed by atoms with Crippen LogP contribution in [0, 0.1) is 0 Å². The number of nitrogens with one attached hydrogen (secondary N) is 1. The molecule has 1 aliphatic carbocycles. The molecule has 0 bridgehead atoms. The van der Waals surface area contributed by atoms with Crippen LogP contribution in [0.2, 0.25) is 0 Å². The molecule has 3 aromatic heterocycles. The fourth-order valence-corrected chi connectivity index (χ4v) is 3.78. The van der Waals surface area contributed by atoms with Gasteiger partial charge in [-0.1, -0.05) is 19.8 Å². The van der Waals surface area contributed by atoms with Crippen molar-refractivity contribution in [3.63, 3.8) is 0 Å². The molecule has 0 amide bonds. The standard InChI is InChI=1S/C18H26N8/c1-4-9-26-17(19-11-21-26)12(2)22-16-14-10-20-25(3)18(14)24-15(23-16)13-7-5-6-8-13/h10-13H,4-9H2,1-3H3,(H,22,23,24). The van der Waals surface area contributed by atoms with E-state index in [-0.39, 0.29) is 6.04 Å². The second kappa shape index (κ2) is 7.01. The third kappa shape index (κ3) is 3.04. The van der Waals surface area contributed by atoms with E-state index in [9.17, 15) is 0 Å². The zero-order chi connectivity index (χ0) is 18.1. The summed E-state index contributed by atoms with van der Waals surface area (Å²) in [4.78, 5) is 14.1. The average molecular weight is 354 g/mol. The van der Waals surface area contributed by atoms with Crippen LogP contribution in [0.1, 0.15) is 69.6 Å². The highest BCUT2D eigenvalue weighted by atomic mass is 15.3. The van der Waals surface area contributed by atoms with Crippen molar-refractivity contribution in [3.05, 3.63) is 24.2 Å². The molecular formula is C18H26N8. The second-order valence-corrected chi connectivity index (χ2v) is 7.12. The van der Waals surface area contributed by atoms with Gasteiger partial charge < -0.3 is 5.32 Å². The first-order valence-electron chi connectivity index (χ1n) is 9.51. The average Bonchev–Trinajstić information content (AvgIpc) is 3.36. The van der Waals surface area contributed by atoms with Crippen LogP contribution in [0.25, 0.3) is 11.0 Å². The van der Waals surface area contributed by atoms with Crippen molar-refractivity contribution in [2.24, 2.45) is 7.05 Å². The highest BCUT2D eigenvalue weighted by Gasteiger charge is 2.23. The van der Waals surface area contributed by atoms with Crippen molar-refractivity contribution in [2.75, 3.05) is 5.32 Å². The molecule has 138 valence electrons. The van der Waals surface area contributed by atoms with Crippen molar-refractivity contribution in [3.8, 4) is 0 Å². The van der Waals surface area contributed by atoms with Crippen LogP contribution in [-0.2, 0) is 13.6 Å². The SMILES string of the molecule is CCCn1ncnc1C(C)Nc1nc(C2CCCC2)nc2c1cnn2C. The lowest BCUT2D eigenvalue weighted by Crippen LogP contribution is -2.16. The molecule has 0 spiro atoms. The van der Waals surface area contributed by atoms with Crippen molar-refractivity contribution >= 4 is 16.9 Å². The Morgan fingerprint density at radius 3 is 2.81 bits per heavy atom. The molecule has 0 aromatic carbocycles. The minimum absolute atomic E-state index is 0.00113. The van der Waals surface area contributed by atoms with E-state index >= 15 is 0 Å². The van der Waals surface area contributed by atoms with Gasteiger partial charge in [0.05, 0.1) is 17.6 Å². The van der Waals surface area contributed by atoms with E-state index in [2.05, 4.69) is 34.3 Å². The fraction of sp³-hybridized carbons (Fsp3) is 0.611. The van der Waals surface area contributed by atoms with Crippen molar-refractivity contribution < 1.29 is 0 Å². The molecule has 26 heavy (non-hydrogen) atoms. The van der Waals surface area contributed by atoms with Crippen LogP contribution in [0.3, 0.4) is 0 Å². The predicted octanol–water partition coefficient (Wildman–Crippen LogP) is 3.20. The Balaban J connectivity index is 1.69. The van der Waals surface area contributed by atoms with Crippen LogP contribution in [0.5, 0.6) is 0 Å². The maximum atomic E-state index is 4.89. The molecule has 1 fully saturated rings. The Bertz CT molecular complexity index is 890. The fourth-order valence-electron chi connectivity index (χ4n) is 3.78. The molecule has 1 unspecified atom stereocenters. The third-order valence-electron chi connectivity index (χ3n) is 5.15. The Morgan fingerprint density at radius 1 is 1.23 bits per heavy atom. The van der Waals surface area contributed by atoms with Gasteiger partial charge in [0.2, 0.25) is 0 Å². The molecule has 8 heteroatoms. The number of aromatic nitrogens is 7. The zero-order valence-corrected chi connectivity index (χ0v) is 15.7. The van der Waals surface area contributed by atoms with E-state index in [1.807, 2.05) is 22.6 Å². The Kier molecular flexibility index (Phi) is 4.57. The summed E-state index contributed by atoms with van der Waals surface area (Å²) in [5, 5.41) is 13.2. The largest absolute Gasteiger partial charge is 0.360 e. The maximum Gasteiger partial charge on any atom is 0.163 e. The molecule has 4 rings (SSSR count). The molecular weight excluding hydrogens is 328 g/mol. The molecule has 1 atom stereocenters. The highest BCUT2D eigenvalue weighted by molar-refractivity contribution is 5.86. The lowest BCUT2D eigenvalue weighted by Gasteiger charge is -2.17. The highest BCUT2D eigenvalue weighted by Crippen LogP contribution is 2.34. The number of aryl methyl sites for hydroxylation is 2. The molecule has 8 nitrogen and oxygen atoms in total. The summed E-state index contributed by atoms with van der Waals surface area (Å²) < 4.78 is 3.78. The summed E-state index contributed by atoms with van der Waals surface area (Å²) in [5.74, 6) is 3.14. The number of fused-ring (bicyclic) bond motifs is 1. The normalized spacial score (nSPS) is 16.4. The molecule has 3 aromatic rings. The summed E-state index contributed by atoms with van der Waals surface area (Å²) in [5.41, 5.74) is 0.881. The van der Waals surface area contributed by atoms with E-state index in [4.69, 9.17) is 9.97 Å². The van der Waals surface area contributed by atoms with E-state index in [1.165, 1.54) is 25.7 Å². The van der Waals surface area contributed by atoms with Crippen molar-refractivity contribution in [1.82, 2.24) is 34.5 Å². The lowest BCUT2D eigenvalue weighted by molar-refractivity contribution is 0.553. The van der Waals surface area contributed by atoms with Gasteiger partial charge in [-0.2, -0.15) is 10.2 Å². The maximum absolute atomic E-state index is 4.89. The van der Waals surface area contributed by atoms with Gasteiger partial charge in [-0.05, 0) is 26.2 Å². The summed E-state index contributed by atoms with van der Waals surface area (Å²) in [6, 6.07) is -0.00113. The first kappa shape index (κ1) is 16.9. The van der Waals surface area contributed by atoms with E-state index < -0.39 is 0 Å². The molecule has 3 heterocycles. The minimum Gasteiger partial charge on any atom is -0.360 e. The van der Waals surface area contributed by atoms with Crippen LogP contribution >= 0.6 is 0 Å². The smallest absolute Gasteiger partial charge is 0.163 e. The van der Waals surface area contributed by atoms with E-state index in [0.29, 0.717) is 5.92 Å². The molecule has 1 saturated carbocycles. The van der Waals surface area contributed by atoms with Gasteiger partial charge in [0.1, 0.15) is 23.8 Å². The van der Waals surface area contributed by atoms with Crippen LogP contribution in [0.4, 0.5) is 5.82 Å². The molecule has 0 saturated heterocycles. The lowest BCUT2D eigenvalue weighted by atomic mass is 10.1. The van der Waals surface area contributed by atoms with Gasteiger partial charge in [0.25, 0.3) is 0 Å². The number of anilines is 1. The minimum atomic E-state index is -0.00113. The van der Waals surface area contributed by atoms with Gasteiger partial charge in [0, 0.05) is 19.5 Å². The number of nitrogens with zero attached hydrogens (tertiary/aromatic N) is 7. The third-order valence-corrected chi connectivity index (χ3v) is 5.15. The summed E-state index contributed by atoms with van der Waals surface area (Å²) in [6.45, 7) is 5.09. The summed E-state index contributed by atoms with van der Waals surface area (Å²) in [7, 11) is 1.93. The monoisotopic (exact) mass is 354 g/mol. The van der Waals surface area contributed by atoms with E-state index in [0.717, 1.165) is 41.5 Å². The number of hydrogen-bond acceptors (Lipinski definition) is 6. The zero-order valence-electron chi connectivity index (χ0n) is 15.7. The Morgan fingerprint density at radius 2 is 2.04 bits per heavy atom. The number of rotatable bonds is 6. The Hall–Kier alpha value is -2.51. The number of hydrogen-bond donors (Lipinski definition) is 1. The predicted molar refractivity (Wildman–Crippen MR) is 99.9 cm³/mol. The van der Waals surface area contributed by atoms with E-state index in [1.54, 1.807) is 6.33 Å². The van der Waals surface area contributed by atoms with Gasteiger partial charge >= 0.3 is 0 Å². The Labute approximate surface area is 153 Å². The van der Waals surface area contributed by atoms with Crippen LogP contribution in [0.15, 0.2) is 12.5 Å². The first-order valence-corrected chi connectivity index (χ1v) is 9.51. The summed E-state index contributed by atoms with van der Waals surface area (Å²) >= 11 is 0. The van der Waals surface area contributed by atoms with Crippen molar-refractivity contribution in [1.29, 1.82) is 0 Å². The van der Waals surface area contributed by atoms with Gasteiger partial charge in [-0.3, -0.25) is 4.68 Å². The van der Waals surface area contributed by atoms with Gasteiger partial charge in [0.15, 0.2) is 5.65 Å². The molecule has 0 radical (unpaired) electrons. The van der Waals surface area contributed by atoms with Crippen molar-refractivity contribution in [2.45, 2.75) is 64.5 Å².